The number of hydrogen-bond acceptors (Lipinski definition) is 2. The van der Waals surface area contributed by atoms with Gasteiger partial charge in [0.05, 0.1) is 6.04 Å². The molecule has 0 saturated carbocycles. The molecular weight excluding hydrogens is 196 g/mol. The number of rotatable bonds is 2. The molecule has 1 aromatic rings. The molecule has 0 aliphatic carbocycles. The molecule has 0 spiro atoms. The molecule has 1 aromatic heterocycles. The average Bonchev–Trinajstić information content (AvgIpc) is 2.67. The predicted molar refractivity (Wildman–Crippen MR) is 59.6 cm³/mol. The van der Waals surface area contributed by atoms with E-state index in [4.69, 9.17) is 0 Å². The third kappa shape index (κ3) is 2.26. The first-order valence-electron chi connectivity index (χ1n) is 4.51. The fourth-order valence-corrected chi connectivity index (χ4v) is 2.03. The second-order valence-corrected chi connectivity index (χ2v) is 4.46. The minimum Gasteiger partial charge on any atom is -0.331 e. The maximum Gasteiger partial charge on any atom is 0.319 e. The molecular formula is C10H16N2OS. The van der Waals surface area contributed by atoms with Crippen LogP contribution in [-0.2, 0) is 0 Å². The molecule has 0 aliphatic heterocycles. The normalized spacial score (nSPS) is 12.3. The van der Waals surface area contributed by atoms with Crippen LogP contribution in [0.4, 0.5) is 4.79 Å². The van der Waals surface area contributed by atoms with Crippen molar-refractivity contribution in [3.05, 3.63) is 22.4 Å². The maximum absolute atomic E-state index is 11.6. The van der Waals surface area contributed by atoms with Crippen molar-refractivity contribution in [2.75, 3.05) is 21.1 Å². The molecule has 0 aliphatic rings. The van der Waals surface area contributed by atoms with Gasteiger partial charge in [0.15, 0.2) is 0 Å². The first-order valence-corrected chi connectivity index (χ1v) is 5.39. The van der Waals surface area contributed by atoms with Crippen LogP contribution >= 0.6 is 11.3 Å². The average molecular weight is 212 g/mol. The molecule has 3 nitrogen and oxygen atoms in total. The summed E-state index contributed by atoms with van der Waals surface area (Å²) in [6.07, 6.45) is 0. The predicted octanol–water partition coefficient (Wildman–Crippen LogP) is 2.42. The molecule has 1 atom stereocenters. The second kappa shape index (κ2) is 4.46. The lowest BCUT2D eigenvalue weighted by molar-refractivity contribution is 0.168. The highest BCUT2D eigenvalue weighted by atomic mass is 32.1. The third-order valence-corrected chi connectivity index (χ3v) is 3.26. The van der Waals surface area contributed by atoms with Crippen LogP contribution in [0.5, 0.6) is 0 Å². The Kier molecular flexibility index (Phi) is 3.52. The molecule has 0 radical (unpaired) electrons. The van der Waals surface area contributed by atoms with Gasteiger partial charge in [-0.1, -0.05) is 6.07 Å². The Hall–Kier alpha value is -1.03. The van der Waals surface area contributed by atoms with Crippen LogP contribution in [0.25, 0.3) is 0 Å². The van der Waals surface area contributed by atoms with Crippen LogP contribution in [0, 0.1) is 0 Å². The quantitative estimate of drug-likeness (QED) is 0.738. The topological polar surface area (TPSA) is 23.6 Å². The van der Waals surface area contributed by atoms with E-state index in [-0.39, 0.29) is 12.1 Å². The number of thiophene rings is 1. The van der Waals surface area contributed by atoms with E-state index in [0.29, 0.717) is 0 Å². The van der Waals surface area contributed by atoms with Crippen molar-refractivity contribution in [1.29, 1.82) is 0 Å². The largest absolute Gasteiger partial charge is 0.331 e. The van der Waals surface area contributed by atoms with E-state index in [1.165, 1.54) is 4.88 Å². The molecule has 0 saturated heterocycles. The van der Waals surface area contributed by atoms with Gasteiger partial charge in [0.1, 0.15) is 0 Å². The SMILES string of the molecule is CC(c1cccs1)N(C)C(=O)N(C)C. The molecule has 0 bridgehead atoms. The number of carbonyl (C=O) groups excluding carboxylic acids is 1. The Bertz CT molecular complexity index is 295. The van der Waals surface area contributed by atoms with Gasteiger partial charge in [-0.15, -0.1) is 11.3 Å². The Morgan fingerprint density at radius 2 is 2.07 bits per heavy atom. The summed E-state index contributed by atoms with van der Waals surface area (Å²) in [5.41, 5.74) is 0. The van der Waals surface area contributed by atoms with Crippen molar-refractivity contribution < 1.29 is 4.79 Å². The smallest absolute Gasteiger partial charge is 0.319 e. The molecule has 14 heavy (non-hydrogen) atoms. The van der Waals surface area contributed by atoms with Crippen molar-refractivity contribution in [2.24, 2.45) is 0 Å². The van der Waals surface area contributed by atoms with Crippen LogP contribution in [0.2, 0.25) is 0 Å². The summed E-state index contributed by atoms with van der Waals surface area (Å²) in [5, 5.41) is 2.03. The zero-order valence-corrected chi connectivity index (χ0v) is 9.84. The van der Waals surface area contributed by atoms with Gasteiger partial charge in [0.2, 0.25) is 0 Å². The Labute approximate surface area is 88.9 Å². The van der Waals surface area contributed by atoms with Crippen molar-refractivity contribution in [1.82, 2.24) is 9.80 Å². The fourth-order valence-electron chi connectivity index (χ4n) is 1.20. The van der Waals surface area contributed by atoms with Crippen molar-refractivity contribution >= 4 is 17.4 Å². The Morgan fingerprint density at radius 3 is 2.50 bits per heavy atom. The van der Waals surface area contributed by atoms with Gasteiger partial charge < -0.3 is 9.80 Å². The monoisotopic (exact) mass is 212 g/mol. The summed E-state index contributed by atoms with van der Waals surface area (Å²) in [6, 6.07) is 4.23. The summed E-state index contributed by atoms with van der Waals surface area (Å²) in [4.78, 5) is 16.2. The van der Waals surface area contributed by atoms with E-state index in [1.54, 1.807) is 35.2 Å². The van der Waals surface area contributed by atoms with E-state index in [9.17, 15) is 4.79 Å². The zero-order chi connectivity index (χ0) is 10.7. The van der Waals surface area contributed by atoms with Crippen LogP contribution in [0.1, 0.15) is 17.8 Å². The highest BCUT2D eigenvalue weighted by Crippen LogP contribution is 2.23. The first-order chi connectivity index (χ1) is 6.54. The number of hydrogen-bond donors (Lipinski definition) is 0. The van der Waals surface area contributed by atoms with Crippen molar-refractivity contribution in [3.8, 4) is 0 Å². The highest BCUT2D eigenvalue weighted by Gasteiger charge is 2.18. The van der Waals surface area contributed by atoms with Crippen LogP contribution in [0.15, 0.2) is 17.5 Å². The number of urea groups is 1. The Morgan fingerprint density at radius 1 is 1.43 bits per heavy atom. The van der Waals surface area contributed by atoms with Gasteiger partial charge in [-0.2, -0.15) is 0 Å². The lowest BCUT2D eigenvalue weighted by Gasteiger charge is -2.27. The zero-order valence-electron chi connectivity index (χ0n) is 9.02. The molecule has 1 heterocycles. The van der Waals surface area contributed by atoms with Crippen LogP contribution in [0.3, 0.4) is 0 Å². The fraction of sp³-hybridized carbons (Fsp3) is 0.500. The van der Waals surface area contributed by atoms with Crippen molar-refractivity contribution in [2.45, 2.75) is 13.0 Å². The van der Waals surface area contributed by atoms with E-state index in [1.807, 2.05) is 25.4 Å². The van der Waals surface area contributed by atoms with Crippen LogP contribution < -0.4 is 0 Å². The van der Waals surface area contributed by atoms with Gasteiger partial charge in [-0.05, 0) is 18.4 Å². The molecule has 2 amide bonds. The summed E-state index contributed by atoms with van der Waals surface area (Å²) in [6.45, 7) is 2.03. The van der Waals surface area contributed by atoms with Crippen LogP contribution in [-0.4, -0.2) is 37.0 Å². The van der Waals surface area contributed by atoms with E-state index < -0.39 is 0 Å². The minimum absolute atomic E-state index is 0.0332. The highest BCUT2D eigenvalue weighted by molar-refractivity contribution is 7.10. The summed E-state index contributed by atoms with van der Waals surface area (Å²) < 4.78 is 0. The summed E-state index contributed by atoms with van der Waals surface area (Å²) in [7, 11) is 5.35. The molecule has 0 aromatic carbocycles. The number of carbonyl (C=O) groups is 1. The molecule has 1 rings (SSSR count). The standard InChI is InChI=1S/C10H16N2OS/c1-8(9-6-5-7-14-9)12(4)10(13)11(2)3/h5-8H,1-4H3. The summed E-state index contributed by atoms with van der Waals surface area (Å²) in [5.74, 6) is 0. The third-order valence-electron chi connectivity index (χ3n) is 2.22. The Balaban J connectivity index is 2.70. The minimum atomic E-state index is 0.0332. The van der Waals surface area contributed by atoms with E-state index in [2.05, 4.69) is 6.07 Å². The lowest BCUT2D eigenvalue weighted by atomic mass is 10.2. The summed E-state index contributed by atoms with van der Waals surface area (Å²) >= 11 is 1.68. The number of amides is 2. The second-order valence-electron chi connectivity index (χ2n) is 3.48. The number of nitrogens with zero attached hydrogens (tertiary/aromatic N) is 2. The molecule has 78 valence electrons. The molecule has 1 unspecified atom stereocenters. The first kappa shape index (κ1) is 11.0. The molecule has 4 heteroatoms. The van der Waals surface area contributed by atoms with Gasteiger partial charge in [0.25, 0.3) is 0 Å². The van der Waals surface area contributed by atoms with Gasteiger partial charge in [-0.25, -0.2) is 4.79 Å². The van der Waals surface area contributed by atoms with E-state index in [0.717, 1.165) is 0 Å². The van der Waals surface area contributed by atoms with Crippen molar-refractivity contribution in [3.63, 3.8) is 0 Å². The maximum atomic E-state index is 11.6. The van der Waals surface area contributed by atoms with Gasteiger partial charge >= 0.3 is 6.03 Å². The van der Waals surface area contributed by atoms with Gasteiger partial charge in [0, 0.05) is 26.0 Å². The van der Waals surface area contributed by atoms with E-state index >= 15 is 0 Å². The molecule has 0 fully saturated rings. The lowest BCUT2D eigenvalue weighted by Crippen LogP contribution is -2.37. The molecule has 0 N–H and O–H groups in total. The van der Waals surface area contributed by atoms with Gasteiger partial charge in [-0.3, -0.25) is 0 Å².